The highest BCUT2D eigenvalue weighted by atomic mass is 16.5. The first-order valence-electron chi connectivity index (χ1n) is 10.6. The van der Waals surface area contributed by atoms with Crippen LogP contribution in [0.2, 0.25) is 0 Å². The van der Waals surface area contributed by atoms with Crippen molar-refractivity contribution in [2.75, 3.05) is 0 Å². The number of ether oxygens (including phenoxy) is 1. The van der Waals surface area contributed by atoms with Gasteiger partial charge in [0.15, 0.2) is 5.78 Å². The fraction of sp³-hybridized carbons (Fsp3) is 0.739. The van der Waals surface area contributed by atoms with Gasteiger partial charge in [0.1, 0.15) is 11.9 Å². The zero-order chi connectivity index (χ0) is 19.6. The fourth-order valence-electron chi connectivity index (χ4n) is 7.09. The summed E-state index contributed by atoms with van der Waals surface area (Å²) < 4.78 is 5.93. The van der Waals surface area contributed by atoms with E-state index in [4.69, 9.17) is 4.74 Å². The van der Waals surface area contributed by atoms with Crippen molar-refractivity contribution in [1.29, 1.82) is 0 Å². The number of hydrogen-bond donors (Lipinski definition) is 1. The number of esters is 1. The van der Waals surface area contributed by atoms with E-state index in [9.17, 15) is 14.7 Å². The van der Waals surface area contributed by atoms with Gasteiger partial charge in [-0.05, 0) is 68.8 Å². The van der Waals surface area contributed by atoms with Crippen molar-refractivity contribution < 1.29 is 19.4 Å². The number of aliphatic hydroxyl groups excluding tert-OH is 1. The summed E-state index contributed by atoms with van der Waals surface area (Å²) in [7, 11) is 0. The lowest BCUT2D eigenvalue weighted by atomic mass is 9.47. The quantitative estimate of drug-likeness (QED) is 0.711. The molecule has 27 heavy (non-hydrogen) atoms. The Hall–Kier alpha value is -1.58. The van der Waals surface area contributed by atoms with Gasteiger partial charge in [0, 0.05) is 17.9 Å². The van der Waals surface area contributed by atoms with Crippen LogP contribution >= 0.6 is 0 Å². The van der Waals surface area contributed by atoms with Gasteiger partial charge in [-0.1, -0.05) is 26.3 Å². The summed E-state index contributed by atoms with van der Waals surface area (Å²) >= 11 is 0. The van der Waals surface area contributed by atoms with E-state index in [0.717, 1.165) is 37.7 Å². The Bertz CT molecular complexity index is 735. The van der Waals surface area contributed by atoms with E-state index in [1.54, 1.807) is 0 Å². The summed E-state index contributed by atoms with van der Waals surface area (Å²) in [5, 5.41) is 9.91. The summed E-state index contributed by atoms with van der Waals surface area (Å²) in [6.45, 7) is 8.48. The molecule has 0 aromatic rings. The molecule has 0 radical (unpaired) electrons. The lowest BCUT2D eigenvalue weighted by molar-refractivity contribution is -0.162. The van der Waals surface area contributed by atoms with Crippen molar-refractivity contribution in [3.63, 3.8) is 0 Å². The van der Waals surface area contributed by atoms with Gasteiger partial charge in [0.25, 0.3) is 0 Å². The van der Waals surface area contributed by atoms with Crippen LogP contribution in [0.4, 0.5) is 0 Å². The third-order valence-corrected chi connectivity index (χ3v) is 8.48. The Kier molecular flexibility index (Phi) is 4.32. The molecular formula is C23H32O4. The second-order valence-corrected chi connectivity index (χ2v) is 9.74. The van der Waals surface area contributed by atoms with Crippen LogP contribution in [0.25, 0.3) is 0 Å². The number of carbonyl (C=O) groups is 2. The van der Waals surface area contributed by atoms with E-state index in [1.807, 2.05) is 13.0 Å². The van der Waals surface area contributed by atoms with Gasteiger partial charge >= 0.3 is 5.97 Å². The second kappa shape index (κ2) is 6.22. The zero-order valence-electron chi connectivity index (χ0n) is 17.0. The molecule has 4 nitrogen and oxygen atoms in total. The topological polar surface area (TPSA) is 63.6 Å². The van der Waals surface area contributed by atoms with Crippen LogP contribution in [0.15, 0.2) is 23.5 Å². The molecule has 0 amide bonds. The van der Waals surface area contributed by atoms with Gasteiger partial charge in [-0.25, -0.2) is 0 Å². The number of hydrogen-bond acceptors (Lipinski definition) is 4. The van der Waals surface area contributed by atoms with Gasteiger partial charge in [0.05, 0.1) is 5.41 Å². The molecule has 3 saturated carbocycles. The third-order valence-electron chi connectivity index (χ3n) is 8.48. The number of aliphatic hydroxyl groups is 1. The molecular weight excluding hydrogens is 340 g/mol. The summed E-state index contributed by atoms with van der Waals surface area (Å²) in [6, 6.07) is 0. The molecule has 4 heteroatoms. The smallest absolute Gasteiger partial charge is 0.305 e. The molecule has 0 aromatic heterocycles. The molecule has 4 rings (SSSR count). The Balaban J connectivity index is 1.65. The largest absolute Gasteiger partial charge is 0.508 e. The van der Waals surface area contributed by atoms with Crippen molar-refractivity contribution >= 4 is 11.8 Å². The van der Waals surface area contributed by atoms with E-state index in [0.29, 0.717) is 30.1 Å². The Morgan fingerprint density at radius 2 is 2.00 bits per heavy atom. The zero-order valence-corrected chi connectivity index (χ0v) is 17.0. The number of carbonyl (C=O) groups excluding carboxylic acids is 2. The van der Waals surface area contributed by atoms with Crippen molar-refractivity contribution in [3.05, 3.63) is 23.5 Å². The minimum Gasteiger partial charge on any atom is -0.508 e. The standard InChI is InChI=1S/C23H32O4/c1-5-20(26)27-21-13(2)10-18-16-7-6-14-11-15(24)12-19(25)23(14,4)17(16)8-9-22(18,21)3/h11-13,16-18,21,24H,5-10H2,1-4H3/t13?,16-,17+,18+,21?,22+,23+/m1/s1. The molecule has 4 aliphatic carbocycles. The summed E-state index contributed by atoms with van der Waals surface area (Å²) in [6.07, 6.45) is 8.66. The van der Waals surface area contributed by atoms with Crippen LogP contribution in [-0.2, 0) is 14.3 Å². The highest BCUT2D eigenvalue weighted by Gasteiger charge is 2.62. The first kappa shape index (κ1) is 18.8. The molecule has 0 spiro atoms. The van der Waals surface area contributed by atoms with Gasteiger partial charge in [-0.3, -0.25) is 9.59 Å². The summed E-state index contributed by atoms with van der Waals surface area (Å²) in [4.78, 5) is 25.0. The number of allylic oxidation sites excluding steroid dienone is 3. The van der Waals surface area contributed by atoms with E-state index >= 15 is 0 Å². The van der Waals surface area contributed by atoms with Crippen LogP contribution in [0.5, 0.6) is 0 Å². The first-order valence-corrected chi connectivity index (χ1v) is 10.6. The van der Waals surface area contributed by atoms with Crippen molar-refractivity contribution in [1.82, 2.24) is 0 Å². The minimum absolute atomic E-state index is 0.00774. The SMILES string of the molecule is CCC(=O)OC1C(C)C[C@H]2[C@@H]3CCC4=CC(O)=CC(=O)[C@]4(C)[C@H]3CC[C@]12C. The average Bonchev–Trinajstić information content (AvgIpc) is 2.87. The van der Waals surface area contributed by atoms with Crippen LogP contribution in [0, 0.1) is 34.5 Å². The lowest BCUT2D eigenvalue weighted by Gasteiger charge is -2.56. The maximum absolute atomic E-state index is 13.0. The molecule has 0 aliphatic heterocycles. The molecule has 0 bridgehead atoms. The number of ketones is 1. The first-order chi connectivity index (χ1) is 12.7. The highest BCUT2D eigenvalue weighted by Crippen LogP contribution is 2.65. The van der Waals surface area contributed by atoms with Crippen molar-refractivity contribution in [2.45, 2.75) is 72.3 Å². The van der Waals surface area contributed by atoms with Crippen molar-refractivity contribution in [2.24, 2.45) is 34.5 Å². The maximum Gasteiger partial charge on any atom is 0.305 e. The predicted octanol–water partition coefficient (Wildman–Crippen LogP) is 4.75. The molecule has 0 saturated heterocycles. The van der Waals surface area contributed by atoms with E-state index < -0.39 is 5.41 Å². The van der Waals surface area contributed by atoms with Gasteiger partial charge in [-0.2, -0.15) is 0 Å². The molecule has 7 atom stereocenters. The van der Waals surface area contributed by atoms with Crippen LogP contribution in [0.3, 0.4) is 0 Å². The third kappa shape index (κ3) is 2.55. The Labute approximate surface area is 162 Å². The van der Waals surface area contributed by atoms with Gasteiger partial charge in [0.2, 0.25) is 0 Å². The number of fused-ring (bicyclic) bond motifs is 5. The lowest BCUT2D eigenvalue weighted by Crippen LogP contribution is -2.53. The molecule has 0 heterocycles. The van der Waals surface area contributed by atoms with Crippen molar-refractivity contribution in [3.8, 4) is 0 Å². The van der Waals surface area contributed by atoms with Crippen LogP contribution < -0.4 is 0 Å². The average molecular weight is 373 g/mol. The van der Waals surface area contributed by atoms with E-state index in [-0.39, 0.29) is 29.0 Å². The Morgan fingerprint density at radius 3 is 2.70 bits per heavy atom. The van der Waals surface area contributed by atoms with Crippen LogP contribution in [0.1, 0.15) is 66.2 Å². The second-order valence-electron chi connectivity index (χ2n) is 9.74. The summed E-state index contributed by atoms with van der Waals surface area (Å²) in [5.41, 5.74) is 0.647. The molecule has 148 valence electrons. The molecule has 4 aliphatic rings. The molecule has 0 aromatic carbocycles. The normalized spacial score (nSPS) is 45.9. The monoisotopic (exact) mass is 372 g/mol. The fourth-order valence-corrected chi connectivity index (χ4v) is 7.09. The molecule has 3 fully saturated rings. The van der Waals surface area contributed by atoms with E-state index in [2.05, 4.69) is 20.8 Å². The van der Waals surface area contributed by atoms with Gasteiger partial charge < -0.3 is 9.84 Å². The highest BCUT2D eigenvalue weighted by molar-refractivity contribution is 5.99. The number of rotatable bonds is 2. The van der Waals surface area contributed by atoms with Crippen LogP contribution in [-0.4, -0.2) is 23.0 Å². The minimum atomic E-state index is -0.474. The molecule has 2 unspecified atom stereocenters. The molecule has 1 N–H and O–H groups in total. The summed E-state index contributed by atoms with van der Waals surface area (Å²) in [5.74, 6) is 1.73. The maximum atomic E-state index is 13.0. The Morgan fingerprint density at radius 1 is 1.26 bits per heavy atom. The predicted molar refractivity (Wildman–Crippen MR) is 103 cm³/mol. The van der Waals surface area contributed by atoms with Gasteiger partial charge in [-0.15, -0.1) is 0 Å². The van der Waals surface area contributed by atoms with E-state index in [1.165, 1.54) is 6.08 Å².